The molecule has 1 rings (SSSR count). The van der Waals surface area contributed by atoms with Crippen molar-refractivity contribution in [2.75, 3.05) is 6.16 Å². The second-order valence-electron chi connectivity index (χ2n) is 8.67. The number of aromatic amines is 1. The predicted molar refractivity (Wildman–Crippen MR) is 109 cm³/mol. The minimum absolute atomic E-state index is 0.0874. The monoisotopic (exact) mass is 446 g/mol. The van der Waals surface area contributed by atoms with Crippen molar-refractivity contribution in [3.05, 3.63) is 45.0 Å². The van der Waals surface area contributed by atoms with Gasteiger partial charge in [-0.1, -0.05) is 12.2 Å². The van der Waals surface area contributed by atoms with Gasteiger partial charge in [0.25, 0.3) is 11.6 Å². The van der Waals surface area contributed by atoms with E-state index < -0.39 is 53.7 Å². The number of allylic oxidation sites excluding steroid dienone is 2. The fraction of sp³-hybridized carbons (Fsp3) is 0.579. The molecule has 0 fully saturated rings. The Kier molecular flexibility index (Phi) is 8.53. The van der Waals surface area contributed by atoms with Gasteiger partial charge >= 0.3 is 17.6 Å². The molecule has 11 heteroatoms. The Morgan fingerprint density at radius 3 is 2.07 bits per heavy atom. The van der Waals surface area contributed by atoms with Crippen molar-refractivity contribution in [1.82, 2.24) is 9.55 Å². The lowest BCUT2D eigenvalue weighted by Gasteiger charge is -2.25. The first-order valence-corrected chi connectivity index (χ1v) is 10.9. The maximum atomic E-state index is 13.3. The summed E-state index contributed by atoms with van der Waals surface area (Å²) in [6.07, 6.45) is 3.52. The molecule has 1 aromatic rings. The molecular weight excluding hydrogens is 418 g/mol. The van der Waals surface area contributed by atoms with Crippen LogP contribution in [0.4, 0.5) is 4.39 Å². The summed E-state index contributed by atoms with van der Waals surface area (Å²) in [5.41, 5.74) is -3.69. The van der Waals surface area contributed by atoms with Gasteiger partial charge in [0, 0.05) is 12.7 Å². The summed E-state index contributed by atoms with van der Waals surface area (Å²) in [5, 5.41) is 0. The van der Waals surface area contributed by atoms with Crippen LogP contribution >= 0.6 is 7.80 Å². The lowest BCUT2D eigenvalue weighted by Crippen LogP contribution is -2.33. The molecule has 0 radical (unpaired) electrons. The highest BCUT2D eigenvalue weighted by atomic mass is 31.1. The molecule has 0 spiro atoms. The third-order valence-electron chi connectivity index (χ3n) is 3.67. The zero-order valence-corrected chi connectivity index (χ0v) is 18.9. The molecule has 168 valence electrons. The van der Waals surface area contributed by atoms with Gasteiger partial charge in [0.05, 0.1) is 17.0 Å². The minimum atomic E-state index is -2.76. The molecule has 0 saturated carbocycles. The average Bonchev–Trinajstić information content (AvgIpc) is 2.60. The van der Waals surface area contributed by atoms with E-state index in [0.29, 0.717) is 0 Å². The van der Waals surface area contributed by atoms with E-state index in [1.807, 2.05) is 4.98 Å². The summed E-state index contributed by atoms with van der Waals surface area (Å²) < 4.78 is 37.2. The summed E-state index contributed by atoms with van der Waals surface area (Å²) in [7, 11) is -2.76. The summed E-state index contributed by atoms with van der Waals surface area (Å²) in [6, 6.07) is -1.54. The van der Waals surface area contributed by atoms with Gasteiger partial charge in [0.15, 0.2) is 7.80 Å². The molecule has 0 aliphatic rings. The van der Waals surface area contributed by atoms with Crippen LogP contribution in [0.2, 0.25) is 0 Å². The van der Waals surface area contributed by atoms with Crippen LogP contribution in [-0.2, 0) is 30.2 Å². The number of hydrogen-bond acceptors (Lipinski definition) is 7. The number of hydrogen-bond donors (Lipinski definition) is 1. The first kappa shape index (κ1) is 25.6. The number of nitrogens with one attached hydrogen (secondary N) is 1. The smallest absolute Gasteiger partial charge is 0.328 e. The van der Waals surface area contributed by atoms with Crippen LogP contribution in [0.15, 0.2) is 27.9 Å². The van der Waals surface area contributed by atoms with Crippen molar-refractivity contribution in [3.63, 3.8) is 0 Å². The zero-order valence-electron chi connectivity index (χ0n) is 17.9. The van der Waals surface area contributed by atoms with Crippen LogP contribution in [0.3, 0.4) is 0 Å². The Hall–Kier alpha value is -2.48. The lowest BCUT2D eigenvalue weighted by atomic mass is 9.97. The molecule has 1 unspecified atom stereocenters. The Morgan fingerprint density at radius 2 is 1.60 bits per heavy atom. The largest absolute Gasteiger partial charge is 0.418 e. The fourth-order valence-electron chi connectivity index (χ4n) is 1.81. The Labute approximate surface area is 174 Å². The lowest BCUT2D eigenvalue weighted by molar-refractivity contribution is -0.184. The number of ether oxygens (including phenoxy) is 2. The molecule has 0 aliphatic carbocycles. The molecule has 1 atom stereocenters. The number of nitrogens with zero attached hydrogens (tertiary/aromatic N) is 1. The van der Waals surface area contributed by atoms with Crippen molar-refractivity contribution in [1.29, 1.82) is 0 Å². The first-order chi connectivity index (χ1) is 13.6. The van der Waals surface area contributed by atoms with E-state index in [1.165, 1.54) is 12.2 Å². The summed E-state index contributed by atoms with van der Waals surface area (Å²) in [5.74, 6) is -2.46. The highest BCUT2D eigenvalue weighted by Gasteiger charge is 2.34. The quantitative estimate of drug-likeness (QED) is 0.295. The number of carbonyl (C=O) groups is 2. The van der Waals surface area contributed by atoms with Crippen LogP contribution in [0.1, 0.15) is 41.5 Å². The van der Waals surface area contributed by atoms with Crippen molar-refractivity contribution in [2.45, 2.75) is 54.1 Å². The van der Waals surface area contributed by atoms with Crippen LogP contribution < -0.4 is 11.2 Å². The zero-order chi connectivity index (χ0) is 23.3. The van der Waals surface area contributed by atoms with E-state index in [4.69, 9.17) is 9.47 Å². The number of H-pyrrole nitrogens is 1. The summed E-state index contributed by atoms with van der Waals surface area (Å²) in [4.78, 5) is 48.8. The second kappa shape index (κ2) is 10.0. The van der Waals surface area contributed by atoms with Crippen molar-refractivity contribution < 1.29 is 28.0 Å². The average molecular weight is 446 g/mol. The predicted octanol–water partition coefficient (Wildman–Crippen LogP) is 2.25. The number of rotatable bonds is 7. The van der Waals surface area contributed by atoms with Crippen molar-refractivity contribution in [2.24, 2.45) is 10.8 Å². The molecule has 1 N–H and O–H groups in total. The highest BCUT2D eigenvalue weighted by Crippen LogP contribution is 2.34. The van der Waals surface area contributed by atoms with E-state index in [2.05, 4.69) is 0 Å². The van der Waals surface area contributed by atoms with E-state index in [9.17, 15) is 28.1 Å². The molecular formula is C19H28FN2O7P. The van der Waals surface area contributed by atoms with Crippen molar-refractivity contribution in [3.8, 4) is 0 Å². The van der Waals surface area contributed by atoms with Gasteiger partial charge in [-0.25, -0.2) is 4.79 Å². The molecule has 1 aromatic heterocycles. The van der Waals surface area contributed by atoms with E-state index in [1.54, 1.807) is 41.5 Å². The number of carbonyl (C=O) groups excluding carboxylic acids is 2. The standard InChI is InChI=1S/C19H28FN2O7P/c1-18(2,3)14(24)28-17(29-15(25)19(4,5)6)30(27)10-8-7-9-22-11-12(20)13(23)21-16(22)26/h7-8,11,17,30H,9-10H2,1-6H3,(H,21,23,26)/b8-7+. The SMILES string of the molecule is CC(C)(C)C(=O)OC(OC(=O)C(C)(C)C)[PH](=O)C/C=C/Cn1cc(F)c(=O)[nH]c1=O. The molecule has 30 heavy (non-hydrogen) atoms. The number of aromatic nitrogens is 2. The van der Waals surface area contributed by atoms with Gasteiger partial charge in [-0.15, -0.1) is 0 Å². The summed E-state index contributed by atoms with van der Waals surface area (Å²) in [6.45, 7) is 9.56. The van der Waals surface area contributed by atoms with Gasteiger partial charge in [0.1, 0.15) is 0 Å². The topological polar surface area (TPSA) is 125 Å². The van der Waals surface area contributed by atoms with Gasteiger partial charge < -0.3 is 14.0 Å². The molecule has 0 aliphatic heterocycles. The van der Waals surface area contributed by atoms with E-state index in [0.717, 1.165) is 10.8 Å². The maximum Gasteiger partial charge on any atom is 0.328 e. The van der Waals surface area contributed by atoms with E-state index in [-0.39, 0.29) is 12.7 Å². The number of halogens is 1. The first-order valence-electron chi connectivity index (χ1n) is 9.22. The minimum Gasteiger partial charge on any atom is -0.418 e. The Morgan fingerprint density at radius 1 is 1.10 bits per heavy atom. The van der Waals surface area contributed by atoms with E-state index >= 15 is 0 Å². The third-order valence-corrected chi connectivity index (χ3v) is 5.07. The van der Waals surface area contributed by atoms with Gasteiger partial charge in [-0.3, -0.25) is 23.9 Å². The van der Waals surface area contributed by atoms with Crippen LogP contribution in [0.5, 0.6) is 0 Å². The molecule has 1 heterocycles. The van der Waals surface area contributed by atoms with Crippen LogP contribution in [0.25, 0.3) is 0 Å². The van der Waals surface area contributed by atoms with Crippen LogP contribution in [0, 0.1) is 16.6 Å². The molecule has 0 amide bonds. The Balaban J connectivity index is 2.88. The molecule has 0 aromatic carbocycles. The third kappa shape index (κ3) is 7.74. The van der Waals surface area contributed by atoms with Crippen molar-refractivity contribution >= 4 is 19.7 Å². The molecule has 0 bridgehead atoms. The molecule has 0 saturated heterocycles. The molecule has 9 nitrogen and oxygen atoms in total. The number of esters is 2. The van der Waals surface area contributed by atoms with Gasteiger partial charge in [-0.05, 0) is 41.5 Å². The maximum absolute atomic E-state index is 13.3. The fourth-order valence-corrected chi connectivity index (χ4v) is 2.87. The highest BCUT2D eigenvalue weighted by molar-refractivity contribution is 7.45. The Bertz CT molecular complexity index is 923. The normalized spacial score (nSPS) is 13.5. The second-order valence-corrected chi connectivity index (χ2v) is 10.5. The van der Waals surface area contributed by atoms with Gasteiger partial charge in [0.2, 0.25) is 5.82 Å². The van der Waals surface area contributed by atoms with Gasteiger partial charge in [-0.2, -0.15) is 4.39 Å². The van der Waals surface area contributed by atoms with Crippen LogP contribution in [-0.4, -0.2) is 33.7 Å². The summed E-state index contributed by atoms with van der Waals surface area (Å²) >= 11 is 0.